The van der Waals surface area contributed by atoms with Crippen molar-refractivity contribution in [3.05, 3.63) is 0 Å². The molecule has 0 saturated carbocycles. The third kappa shape index (κ3) is 1.85. The largest absolute Gasteiger partial charge is 0.298 e. The van der Waals surface area contributed by atoms with Crippen molar-refractivity contribution in [2.45, 2.75) is 45.3 Å². The third-order valence-corrected chi connectivity index (χ3v) is 3.90. The van der Waals surface area contributed by atoms with Crippen LogP contribution < -0.4 is 0 Å². The summed E-state index contributed by atoms with van der Waals surface area (Å²) >= 11 is 1.83. The van der Waals surface area contributed by atoms with E-state index in [2.05, 4.69) is 6.92 Å². The van der Waals surface area contributed by atoms with Crippen molar-refractivity contribution >= 4 is 17.5 Å². The first kappa shape index (κ1) is 10.1. The molecule has 1 saturated heterocycles. The highest BCUT2D eigenvalue weighted by Crippen LogP contribution is 2.42. The molecule has 1 nitrogen and oxygen atoms in total. The predicted octanol–water partition coefficient (Wildman–Crippen LogP) is 2.89. The lowest BCUT2D eigenvalue weighted by Gasteiger charge is -2.29. The summed E-state index contributed by atoms with van der Waals surface area (Å²) in [5, 5.41) is 0. The first-order valence-corrected chi connectivity index (χ1v) is 5.54. The van der Waals surface area contributed by atoms with Crippen LogP contribution in [0.5, 0.6) is 0 Å². The molecule has 12 heavy (non-hydrogen) atoms. The van der Waals surface area contributed by atoms with Crippen LogP contribution in [0.4, 0.5) is 0 Å². The fourth-order valence-electron chi connectivity index (χ4n) is 1.75. The van der Waals surface area contributed by atoms with Crippen LogP contribution in [-0.4, -0.2) is 16.3 Å². The van der Waals surface area contributed by atoms with Crippen LogP contribution >= 0.6 is 11.8 Å². The van der Waals surface area contributed by atoms with Gasteiger partial charge >= 0.3 is 0 Å². The van der Waals surface area contributed by atoms with Gasteiger partial charge in [0.2, 0.25) is 0 Å². The first-order valence-electron chi connectivity index (χ1n) is 4.55. The SMILES string of the molecule is CC(C)(C)C(=O)C1(C)CCCS1. The highest BCUT2D eigenvalue weighted by atomic mass is 32.2. The smallest absolute Gasteiger partial charge is 0.153 e. The minimum absolute atomic E-state index is 0.0851. The Balaban J connectivity index is 2.75. The van der Waals surface area contributed by atoms with Gasteiger partial charge in [0.25, 0.3) is 0 Å². The molecular formula is C10H18OS. The molecule has 0 amide bonds. The van der Waals surface area contributed by atoms with E-state index >= 15 is 0 Å². The van der Waals surface area contributed by atoms with Crippen molar-refractivity contribution < 1.29 is 4.79 Å². The molecule has 0 aromatic heterocycles. The van der Waals surface area contributed by atoms with E-state index in [0.717, 1.165) is 12.2 Å². The number of thioether (sulfide) groups is 1. The summed E-state index contributed by atoms with van der Waals surface area (Å²) in [6.45, 7) is 8.14. The van der Waals surface area contributed by atoms with Crippen LogP contribution in [-0.2, 0) is 4.79 Å². The Hall–Kier alpha value is 0.0200. The fraction of sp³-hybridized carbons (Fsp3) is 0.900. The van der Waals surface area contributed by atoms with Crippen LogP contribution in [0.2, 0.25) is 0 Å². The molecule has 1 heterocycles. The van der Waals surface area contributed by atoms with E-state index < -0.39 is 0 Å². The highest BCUT2D eigenvalue weighted by molar-refractivity contribution is 8.01. The molecule has 0 aromatic rings. The summed E-state index contributed by atoms with van der Waals surface area (Å²) in [6, 6.07) is 0. The zero-order chi connectivity index (χ0) is 9.41. The molecule has 0 aromatic carbocycles. The Morgan fingerprint density at radius 1 is 1.42 bits per heavy atom. The third-order valence-electron chi connectivity index (χ3n) is 2.38. The number of rotatable bonds is 1. The number of hydrogen-bond donors (Lipinski definition) is 0. The molecule has 1 unspecified atom stereocenters. The van der Waals surface area contributed by atoms with E-state index in [1.807, 2.05) is 32.5 Å². The molecule has 1 fully saturated rings. The molecule has 0 bridgehead atoms. The van der Waals surface area contributed by atoms with Gasteiger partial charge in [0.05, 0.1) is 4.75 Å². The quantitative estimate of drug-likeness (QED) is 0.626. The molecule has 0 N–H and O–H groups in total. The second-order valence-corrected chi connectivity index (χ2v) is 6.36. The summed E-state index contributed by atoms with van der Waals surface area (Å²) in [6.07, 6.45) is 2.26. The lowest BCUT2D eigenvalue weighted by atomic mass is 9.82. The van der Waals surface area contributed by atoms with Crippen LogP contribution in [0.15, 0.2) is 0 Å². The zero-order valence-corrected chi connectivity index (χ0v) is 9.25. The summed E-state index contributed by atoms with van der Waals surface area (Å²) in [7, 11) is 0. The topological polar surface area (TPSA) is 17.1 Å². The van der Waals surface area contributed by atoms with Gasteiger partial charge in [0, 0.05) is 5.41 Å². The molecule has 0 spiro atoms. The van der Waals surface area contributed by atoms with Gasteiger partial charge in [-0.1, -0.05) is 20.8 Å². The number of ketones is 1. The Bertz CT molecular complexity index is 185. The molecule has 2 heteroatoms. The van der Waals surface area contributed by atoms with Crippen molar-refractivity contribution in [3.63, 3.8) is 0 Å². The van der Waals surface area contributed by atoms with Gasteiger partial charge < -0.3 is 0 Å². The Morgan fingerprint density at radius 2 is 2.00 bits per heavy atom. The first-order chi connectivity index (χ1) is 5.36. The van der Waals surface area contributed by atoms with Crippen molar-refractivity contribution in [1.29, 1.82) is 0 Å². The average Bonchev–Trinajstić information content (AvgIpc) is 2.34. The predicted molar refractivity (Wildman–Crippen MR) is 54.6 cm³/mol. The Morgan fingerprint density at radius 3 is 2.33 bits per heavy atom. The number of carbonyl (C=O) groups is 1. The lowest BCUT2D eigenvalue weighted by molar-refractivity contribution is -0.128. The second-order valence-electron chi connectivity index (χ2n) is 4.76. The molecule has 1 aliphatic rings. The van der Waals surface area contributed by atoms with Gasteiger partial charge in [-0.3, -0.25) is 4.79 Å². The van der Waals surface area contributed by atoms with Gasteiger partial charge in [0.1, 0.15) is 0 Å². The molecule has 70 valence electrons. The van der Waals surface area contributed by atoms with Gasteiger partial charge in [-0.15, -0.1) is 11.8 Å². The zero-order valence-electron chi connectivity index (χ0n) is 8.44. The summed E-state index contributed by atoms with van der Waals surface area (Å²) in [4.78, 5) is 12.0. The summed E-state index contributed by atoms with van der Waals surface area (Å²) in [5.74, 6) is 1.57. The molecule has 1 aliphatic heterocycles. The molecule has 0 radical (unpaired) electrons. The fourth-order valence-corrected chi connectivity index (χ4v) is 3.22. The van der Waals surface area contributed by atoms with Crippen molar-refractivity contribution in [2.24, 2.45) is 5.41 Å². The monoisotopic (exact) mass is 186 g/mol. The minimum atomic E-state index is -0.175. The molecule has 1 atom stereocenters. The van der Waals surface area contributed by atoms with Gasteiger partial charge in [0.15, 0.2) is 5.78 Å². The summed E-state index contributed by atoms with van der Waals surface area (Å²) < 4.78 is -0.0851. The van der Waals surface area contributed by atoms with Gasteiger partial charge in [-0.05, 0) is 25.5 Å². The van der Waals surface area contributed by atoms with E-state index in [9.17, 15) is 4.79 Å². The second kappa shape index (κ2) is 3.06. The van der Waals surface area contributed by atoms with Crippen LogP contribution in [0, 0.1) is 5.41 Å². The lowest BCUT2D eigenvalue weighted by Crippen LogP contribution is -2.38. The van der Waals surface area contributed by atoms with Gasteiger partial charge in [-0.25, -0.2) is 0 Å². The molecule has 1 rings (SSSR count). The molecular weight excluding hydrogens is 168 g/mol. The summed E-state index contributed by atoms with van der Waals surface area (Å²) in [5.41, 5.74) is -0.175. The van der Waals surface area contributed by atoms with Crippen molar-refractivity contribution in [2.75, 3.05) is 5.75 Å². The number of Topliss-reactive ketones (excluding diaryl/α,β-unsaturated/α-hetero) is 1. The van der Waals surface area contributed by atoms with Crippen molar-refractivity contribution in [3.8, 4) is 0 Å². The van der Waals surface area contributed by atoms with Crippen LogP contribution in [0.1, 0.15) is 40.5 Å². The Labute approximate surface area is 79.3 Å². The normalized spacial score (nSPS) is 30.7. The van der Waals surface area contributed by atoms with Crippen LogP contribution in [0.25, 0.3) is 0 Å². The van der Waals surface area contributed by atoms with Gasteiger partial charge in [-0.2, -0.15) is 0 Å². The maximum Gasteiger partial charge on any atom is 0.153 e. The average molecular weight is 186 g/mol. The van der Waals surface area contributed by atoms with E-state index in [4.69, 9.17) is 0 Å². The van der Waals surface area contributed by atoms with E-state index in [0.29, 0.717) is 5.78 Å². The molecule has 0 aliphatic carbocycles. The van der Waals surface area contributed by atoms with Crippen LogP contribution in [0.3, 0.4) is 0 Å². The minimum Gasteiger partial charge on any atom is -0.298 e. The van der Waals surface area contributed by atoms with E-state index in [1.54, 1.807) is 0 Å². The number of hydrogen-bond acceptors (Lipinski definition) is 2. The number of carbonyl (C=O) groups excluding carboxylic acids is 1. The van der Waals surface area contributed by atoms with E-state index in [1.165, 1.54) is 6.42 Å². The van der Waals surface area contributed by atoms with Crippen molar-refractivity contribution in [1.82, 2.24) is 0 Å². The Kier molecular flexibility index (Phi) is 2.57. The maximum atomic E-state index is 12.0. The standard InChI is InChI=1S/C10H18OS/c1-9(2,3)8(11)10(4)6-5-7-12-10/h5-7H2,1-4H3. The highest BCUT2D eigenvalue weighted by Gasteiger charge is 2.42. The maximum absolute atomic E-state index is 12.0. The van der Waals surface area contributed by atoms with E-state index in [-0.39, 0.29) is 10.2 Å².